The van der Waals surface area contributed by atoms with Gasteiger partial charge in [-0.1, -0.05) is 87.8 Å². The number of halogens is 1. The summed E-state index contributed by atoms with van der Waals surface area (Å²) >= 11 is 3.40. The topological polar surface area (TPSA) is 65.1 Å². The monoisotopic (exact) mass is 593 g/mol. The summed E-state index contributed by atoms with van der Waals surface area (Å²) < 4.78 is 48.7. The number of nitrogens with zero attached hydrogens (tertiary/aromatic N) is 1. The van der Waals surface area contributed by atoms with E-state index in [1.807, 2.05) is 44.2 Å². The zero-order valence-electron chi connectivity index (χ0n) is 22.8. The molecular formula is C29H40BrNO5S. The first-order valence-corrected chi connectivity index (χ1v) is 14.8. The Hall–Kier alpha value is -1.87. The summed E-state index contributed by atoms with van der Waals surface area (Å²) in [7, 11) is -3.88. The van der Waals surface area contributed by atoms with Crippen LogP contribution in [0, 0.1) is 16.2 Å². The van der Waals surface area contributed by atoms with Gasteiger partial charge in [0, 0.05) is 32.8 Å². The van der Waals surface area contributed by atoms with Gasteiger partial charge in [-0.25, -0.2) is 8.42 Å². The normalized spacial score (nSPS) is 22.6. The van der Waals surface area contributed by atoms with Crippen molar-refractivity contribution in [3.63, 3.8) is 0 Å². The molecule has 204 valence electrons. The molecule has 1 heterocycles. The fraction of sp³-hybridized carbons (Fsp3) is 0.517. The Morgan fingerprint density at radius 2 is 1.24 bits per heavy atom. The van der Waals surface area contributed by atoms with Crippen LogP contribution in [0.25, 0.3) is 5.76 Å². The summed E-state index contributed by atoms with van der Waals surface area (Å²) in [6.45, 7) is 15.0. The van der Waals surface area contributed by atoms with Gasteiger partial charge in [-0.2, -0.15) is 0 Å². The van der Waals surface area contributed by atoms with Crippen LogP contribution in [0.3, 0.4) is 0 Å². The first kappa shape index (κ1) is 29.7. The molecule has 0 fully saturated rings. The van der Waals surface area contributed by atoms with Crippen molar-refractivity contribution in [1.82, 2.24) is 4.31 Å². The second-order valence-corrected chi connectivity index (χ2v) is 14.9. The molecule has 37 heavy (non-hydrogen) atoms. The zero-order chi connectivity index (χ0) is 27.3. The van der Waals surface area contributed by atoms with Gasteiger partial charge in [-0.05, 0) is 24.3 Å². The van der Waals surface area contributed by atoms with E-state index in [1.54, 1.807) is 30.5 Å². The molecule has 3 rings (SSSR count). The molecule has 0 saturated carbocycles. The summed E-state index contributed by atoms with van der Waals surface area (Å²) in [5.41, 5.74) is -0.143. The quantitative estimate of drug-likeness (QED) is 0.402. The van der Waals surface area contributed by atoms with Crippen LogP contribution in [0.5, 0.6) is 0 Å². The zero-order valence-corrected chi connectivity index (χ0v) is 25.2. The predicted octanol–water partition coefficient (Wildman–Crippen LogP) is 6.58. The number of ether oxygens (including phenoxy) is 3. The first-order valence-electron chi connectivity index (χ1n) is 12.5. The molecule has 2 aromatic rings. The van der Waals surface area contributed by atoms with Gasteiger partial charge in [-0.3, -0.25) is 4.31 Å². The molecule has 0 bridgehead atoms. The number of hydrogen-bond donors (Lipinski definition) is 0. The maximum Gasteiger partial charge on any atom is 0.263 e. The Kier molecular flexibility index (Phi) is 9.54. The highest BCUT2D eigenvalue weighted by atomic mass is 79.9. The maximum absolute atomic E-state index is 13.9. The molecule has 0 aromatic heterocycles. The van der Waals surface area contributed by atoms with E-state index in [0.29, 0.717) is 38.8 Å². The molecule has 0 atom stereocenters. The lowest BCUT2D eigenvalue weighted by Gasteiger charge is -2.33. The Labute approximate surface area is 231 Å². The van der Waals surface area contributed by atoms with Crippen molar-refractivity contribution >= 4 is 31.7 Å². The van der Waals surface area contributed by atoms with E-state index in [0.717, 1.165) is 10.0 Å². The lowest BCUT2D eigenvalue weighted by Crippen LogP contribution is -2.39. The van der Waals surface area contributed by atoms with Gasteiger partial charge < -0.3 is 14.2 Å². The minimum atomic E-state index is -3.88. The molecule has 0 radical (unpaired) electrons. The maximum atomic E-state index is 13.9. The summed E-state index contributed by atoms with van der Waals surface area (Å²) in [5, 5.41) is 0. The van der Waals surface area contributed by atoms with Crippen LogP contribution in [-0.4, -0.2) is 52.3 Å². The van der Waals surface area contributed by atoms with E-state index < -0.39 is 15.4 Å². The van der Waals surface area contributed by atoms with Crippen molar-refractivity contribution in [3.8, 4) is 0 Å². The van der Waals surface area contributed by atoms with E-state index >= 15 is 0 Å². The molecule has 0 N–H and O–H groups in total. The number of rotatable bonds is 3. The van der Waals surface area contributed by atoms with Crippen molar-refractivity contribution in [1.29, 1.82) is 0 Å². The van der Waals surface area contributed by atoms with E-state index in [2.05, 4.69) is 43.6 Å². The molecule has 2 aromatic carbocycles. The second-order valence-electron chi connectivity index (χ2n) is 12.1. The fourth-order valence-corrected chi connectivity index (χ4v) is 5.67. The largest absolute Gasteiger partial charge is 0.491 e. The summed E-state index contributed by atoms with van der Waals surface area (Å²) in [6, 6.07) is 16.3. The molecule has 0 unspecified atom stereocenters. The van der Waals surface area contributed by atoms with Gasteiger partial charge in [0.15, 0.2) is 0 Å². The first-order chi connectivity index (χ1) is 17.2. The average Bonchev–Trinajstić information content (AvgIpc) is 2.81. The van der Waals surface area contributed by atoms with E-state index in [1.165, 1.54) is 4.31 Å². The van der Waals surface area contributed by atoms with Crippen LogP contribution < -0.4 is 0 Å². The fourth-order valence-electron chi connectivity index (χ4n) is 3.90. The summed E-state index contributed by atoms with van der Waals surface area (Å²) in [6.07, 6.45) is 1.62. The van der Waals surface area contributed by atoms with Gasteiger partial charge in [0.25, 0.3) is 10.0 Å². The van der Waals surface area contributed by atoms with E-state index in [4.69, 9.17) is 14.2 Å². The minimum absolute atomic E-state index is 0.177. The van der Waals surface area contributed by atoms with Gasteiger partial charge in [0.2, 0.25) is 0 Å². The van der Waals surface area contributed by atoms with E-state index in [-0.39, 0.29) is 22.3 Å². The van der Waals surface area contributed by atoms with Crippen molar-refractivity contribution < 1.29 is 22.6 Å². The van der Waals surface area contributed by atoms with Crippen molar-refractivity contribution in [2.24, 2.45) is 16.2 Å². The third kappa shape index (κ3) is 8.84. The lowest BCUT2D eigenvalue weighted by molar-refractivity contribution is -0.0466. The molecule has 1 aliphatic heterocycles. The highest BCUT2D eigenvalue weighted by molar-refractivity contribution is 9.10. The van der Waals surface area contributed by atoms with Crippen molar-refractivity contribution in [2.75, 3.05) is 39.6 Å². The second kappa shape index (κ2) is 11.9. The van der Waals surface area contributed by atoms with Crippen LogP contribution in [0.15, 0.2) is 70.2 Å². The van der Waals surface area contributed by atoms with Gasteiger partial charge >= 0.3 is 0 Å². The lowest BCUT2D eigenvalue weighted by atomic mass is 9.93. The highest BCUT2D eigenvalue weighted by Gasteiger charge is 2.32. The third-order valence-electron chi connectivity index (χ3n) is 5.91. The Morgan fingerprint density at radius 3 is 1.81 bits per heavy atom. The Balaban J connectivity index is 2.09. The van der Waals surface area contributed by atoms with Crippen LogP contribution in [0.2, 0.25) is 0 Å². The van der Waals surface area contributed by atoms with Crippen LogP contribution in [0.1, 0.15) is 47.1 Å². The van der Waals surface area contributed by atoms with Crippen LogP contribution in [-0.2, 0) is 24.2 Å². The minimum Gasteiger partial charge on any atom is -0.491 e. The smallest absolute Gasteiger partial charge is 0.263 e. The molecule has 1 aliphatic rings. The third-order valence-corrected chi connectivity index (χ3v) is 8.16. The predicted molar refractivity (Wildman–Crippen MR) is 151 cm³/mol. The molecule has 0 amide bonds. The number of sulfonamides is 1. The summed E-state index contributed by atoms with van der Waals surface area (Å²) in [4.78, 5) is 0.212. The summed E-state index contributed by atoms with van der Waals surface area (Å²) in [5.74, 6) is 0.487. The number of benzene rings is 2. The van der Waals surface area contributed by atoms with Gasteiger partial charge in [0.1, 0.15) is 5.76 Å². The van der Waals surface area contributed by atoms with Crippen LogP contribution in [0.4, 0.5) is 0 Å². The van der Waals surface area contributed by atoms with Gasteiger partial charge in [-0.15, -0.1) is 0 Å². The SMILES string of the molecule is CC1(C)COCC(C)(C)CO/C(c2ccccc2)=C\N(S(=O)(=O)c2ccc(Br)cc2)CC(C)(C)COC1. The van der Waals surface area contributed by atoms with E-state index in [9.17, 15) is 8.42 Å². The standard InChI is InChI=1S/C29H40BrNO5S/c1-27(2)17-31(37(32,33)25-14-12-24(30)13-15-25)16-26(23-10-8-7-9-11-23)36-22-29(5,6)21-35-20-28(3,4)19-34-18-27/h7-16H,17-22H2,1-6H3/b26-16-. The van der Waals surface area contributed by atoms with Crippen LogP contribution >= 0.6 is 15.9 Å². The van der Waals surface area contributed by atoms with Gasteiger partial charge in [0.05, 0.1) is 44.1 Å². The molecule has 0 aliphatic carbocycles. The average molecular weight is 595 g/mol. The number of hydrogen-bond acceptors (Lipinski definition) is 5. The van der Waals surface area contributed by atoms with Crippen molar-refractivity contribution in [3.05, 3.63) is 70.8 Å². The van der Waals surface area contributed by atoms with Crippen molar-refractivity contribution in [2.45, 2.75) is 46.4 Å². The Morgan fingerprint density at radius 1 is 0.730 bits per heavy atom. The molecular weight excluding hydrogens is 554 g/mol. The molecule has 8 heteroatoms. The highest BCUT2D eigenvalue weighted by Crippen LogP contribution is 2.30. The Bertz CT molecular complexity index is 1160. The molecule has 0 saturated heterocycles. The molecule has 6 nitrogen and oxygen atoms in total. The molecule has 0 spiro atoms.